The van der Waals surface area contributed by atoms with Crippen molar-refractivity contribution < 1.29 is 4.79 Å². The third-order valence-electron chi connectivity index (χ3n) is 2.82. The zero-order valence-electron chi connectivity index (χ0n) is 10.6. The van der Waals surface area contributed by atoms with Crippen molar-refractivity contribution in [3.05, 3.63) is 64.2 Å². The monoisotopic (exact) mass is 285 g/mol. The van der Waals surface area contributed by atoms with E-state index in [2.05, 4.69) is 11.4 Å². The average Bonchev–Trinajstić information content (AvgIpc) is 2.46. The van der Waals surface area contributed by atoms with E-state index < -0.39 is 5.91 Å². The maximum atomic E-state index is 11.1. The van der Waals surface area contributed by atoms with Crippen molar-refractivity contribution in [2.45, 2.75) is 6.54 Å². The lowest BCUT2D eigenvalue weighted by Gasteiger charge is -2.09. The molecule has 0 radical (unpaired) electrons. The number of nitriles is 1. The van der Waals surface area contributed by atoms with E-state index in [1.807, 2.05) is 12.1 Å². The van der Waals surface area contributed by atoms with Crippen LogP contribution in [0.1, 0.15) is 21.5 Å². The molecule has 0 aliphatic rings. The van der Waals surface area contributed by atoms with Crippen LogP contribution in [0.3, 0.4) is 0 Å². The number of hydrogen-bond acceptors (Lipinski definition) is 3. The molecule has 0 atom stereocenters. The summed E-state index contributed by atoms with van der Waals surface area (Å²) in [5.74, 6) is -0.497. The molecule has 0 unspecified atom stereocenters. The molecule has 2 rings (SSSR count). The first-order valence-electron chi connectivity index (χ1n) is 5.92. The molecule has 4 nitrogen and oxygen atoms in total. The first kappa shape index (κ1) is 13.9. The van der Waals surface area contributed by atoms with E-state index in [0.717, 1.165) is 5.56 Å². The molecule has 0 aliphatic heterocycles. The van der Waals surface area contributed by atoms with Gasteiger partial charge in [0.25, 0.3) is 0 Å². The number of nitrogens with two attached hydrogens (primary N) is 1. The highest BCUT2D eigenvalue weighted by molar-refractivity contribution is 6.33. The highest BCUT2D eigenvalue weighted by atomic mass is 35.5. The second kappa shape index (κ2) is 6.09. The van der Waals surface area contributed by atoms with Crippen LogP contribution >= 0.6 is 11.6 Å². The molecule has 2 aromatic rings. The number of hydrogen-bond donors (Lipinski definition) is 2. The molecular weight excluding hydrogens is 274 g/mol. The minimum Gasteiger partial charge on any atom is -0.380 e. The summed E-state index contributed by atoms with van der Waals surface area (Å²) in [6.45, 7) is 0.535. The Morgan fingerprint density at radius 1 is 1.25 bits per heavy atom. The van der Waals surface area contributed by atoms with Gasteiger partial charge in [-0.05, 0) is 35.9 Å². The fourth-order valence-corrected chi connectivity index (χ4v) is 1.89. The van der Waals surface area contributed by atoms with Crippen LogP contribution in [0.15, 0.2) is 42.5 Å². The lowest BCUT2D eigenvalue weighted by atomic mass is 10.1. The fraction of sp³-hybridized carbons (Fsp3) is 0.0667. The van der Waals surface area contributed by atoms with Gasteiger partial charge in [0, 0.05) is 12.1 Å². The number of nitrogens with zero attached hydrogens (tertiary/aromatic N) is 1. The smallest absolute Gasteiger partial charge is 0.248 e. The molecule has 100 valence electrons. The van der Waals surface area contributed by atoms with Crippen molar-refractivity contribution in [3.63, 3.8) is 0 Å². The summed E-state index contributed by atoms with van der Waals surface area (Å²) in [6.07, 6.45) is 0. The Morgan fingerprint density at radius 2 is 1.95 bits per heavy atom. The molecule has 0 spiro atoms. The van der Waals surface area contributed by atoms with E-state index in [1.165, 1.54) is 0 Å². The van der Waals surface area contributed by atoms with Gasteiger partial charge in [-0.15, -0.1) is 0 Å². The molecule has 0 saturated heterocycles. The topological polar surface area (TPSA) is 78.9 Å². The van der Waals surface area contributed by atoms with Gasteiger partial charge in [-0.1, -0.05) is 23.7 Å². The van der Waals surface area contributed by atoms with Gasteiger partial charge in [-0.3, -0.25) is 4.79 Å². The van der Waals surface area contributed by atoms with E-state index in [1.54, 1.807) is 30.3 Å². The summed E-state index contributed by atoms with van der Waals surface area (Å²) in [5.41, 5.74) is 7.89. The van der Waals surface area contributed by atoms with Crippen LogP contribution in [0, 0.1) is 11.3 Å². The minimum absolute atomic E-state index is 0.400. The molecule has 2 aromatic carbocycles. The third kappa shape index (κ3) is 3.28. The van der Waals surface area contributed by atoms with Crippen molar-refractivity contribution in [1.82, 2.24) is 0 Å². The van der Waals surface area contributed by atoms with E-state index in [0.29, 0.717) is 28.4 Å². The van der Waals surface area contributed by atoms with Crippen LogP contribution in [0.5, 0.6) is 0 Å². The van der Waals surface area contributed by atoms with Crippen molar-refractivity contribution in [1.29, 1.82) is 5.26 Å². The summed E-state index contributed by atoms with van der Waals surface area (Å²) in [6, 6.07) is 14.1. The van der Waals surface area contributed by atoms with E-state index in [-0.39, 0.29) is 0 Å². The van der Waals surface area contributed by atoms with Crippen LogP contribution in [0.4, 0.5) is 5.69 Å². The maximum absolute atomic E-state index is 11.1. The number of carbonyl (C=O) groups is 1. The molecule has 20 heavy (non-hydrogen) atoms. The Labute approximate surface area is 121 Å². The number of amides is 1. The van der Waals surface area contributed by atoms with Gasteiger partial charge in [-0.2, -0.15) is 5.26 Å². The predicted octanol–water partition coefficient (Wildman–Crippen LogP) is 2.92. The van der Waals surface area contributed by atoms with Crippen LogP contribution in [-0.4, -0.2) is 5.91 Å². The van der Waals surface area contributed by atoms with Crippen LogP contribution < -0.4 is 11.1 Å². The van der Waals surface area contributed by atoms with Gasteiger partial charge >= 0.3 is 0 Å². The molecule has 0 bridgehead atoms. The maximum Gasteiger partial charge on any atom is 0.248 e. The first-order valence-corrected chi connectivity index (χ1v) is 6.30. The molecule has 0 aliphatic carbocycles. The summed E-state index contributed by atoms with van der Waals surface area (Å²) >= 11 is 6.06. The largest absolute Gasteiger partial charge is 0.380 e. The molecular formula is C15H12ClN3O. The minimum atomic E-state index is -0.497. The number of nitrogens with one attached hydrogen (secondary N) is 1. The first-order chi connectivity index (χ1) is 9.60. The number of anilines is 1. The summed E-state index contributed by atoms with van der Waals surface area (Å²) < 4.78 is 0. The Kier molecular flexibility index (Phi) is 4.24. The second-order valence-corrected chi connectivity index (χ2v) is 4.63. The number of carbonyl (C=O) groups excluding carboxylic acids is 1. The lowest BCUT2D eigenvalue weighted by molar-refractivity contribution is 0.100. The van der Waals surface area contributed by atoms with Gasteiger partial charge in [0.15, 0.2) is 0 Å². The molecule has 0 fully saturated rings. The van der Waals surface area contributed by atoms with Crippen LogP contribution in [0.2, 0.25) is 5.02 Å². The Balaban J connectivity index is 2.12. The van der Waals surface area contributed by atoms with Crippen LogP contribution in [-0.2, 0) is 6.54 Å². The van der Waals surface area contributed by atoms with Crippen molar-refractivity contribution in [2.75, 3.05) is 5.32 Å². The molecule has 5 heteroatoms. The van der Waals surface area contributed by atoms with Crippen molar-refractivity contribution in [2.24, 2.45) is 5.73 Å². The highest BCUT2D eigenvalue weighted by Crippen LogP contribution is 2.23. The quantitative estimate of drug-likeness (QED) is 0.906. The van der Waals surface area contributed by atoms with Gasteiger partial charge in [0.05, 0.1) is 22.3 Å². The van der Waals surface area contributed by atoms with Gasteiger partial charge in [0.2, 0.25) is 5.91 Å². The molecule has 1 amide bonds. The van der Waals surface area contributed by atoms with Crippen molar-refractivity contribution in [3.8, 4) is 6.07 Å². The van der Waals surface area contributed by atoms with Crippen LogP contribution in [0.25, 0.3) is 0 Å². The standard InChI is InChI=1S/C15H12ClN3O/c16-13-6-5-12(15(18)20)7-14(13)19-9-11-3-1-10(8-17)2-4-11/h1-7,19H,9H2,(H2,18,20). The van der Waals surface area contributed by atoms with Gasteiger partial charge in [0.1, 0.15) is 0 Å². The van der Waals surface area contributed by atoms with E-state index >= 15 is 0 Å². The predicted molar refractivity (Wildman–Crippen MR) is 78.5 cm³/mol. The Bertz CT molecular complexity index is 675. The number of rotatable bonds is 4. The van der Waals surface area contributed by atoms with E-state index in [4.69, 9.17) is 22.6 Å². The zero-order valence-corrected chi connectivity index (χ0v) is 11.3. The SMILES string of the molecule is N#Cc1ccc(CNc2cc(C(N)=O)ccc2Cl)cc1. The fourth-order valence-electron chi connectivity index (χ4n) is 1.71. The van der Waals surface area contributed by atoms with Crippen molar-refractivity contribution >= 4 is 23.2 Å². The lowest BCUT2D eigenvalue weighted by Crippen LogP contribution is -2.11. The molecule has 3 N–H and O–H groups in total. The third-order valence-corrected chi connectivity index (χ3v) is 3.15. The molecule has 0 aromatic heterocycles. The normalized spacial score (nSPS) is 9.80. The molecule has 0 heterocycles. The number of benzene rings is 2. The van der Waals surface area contributed by atoms with E-state index in [9.17, 15) is 4.79 Å². The van der Waals surface area contributed by atoms with Gasteiger partial charge < -0.3 is 11.1 Å². The summed E-state index contributed by atoms with van der Waals surface area (Å²) in [7, 11) is 0. The Morgan fingerprint density at radius 3 is 2.55 bits per heavy atom. The zero-order chi connectivity index (χ0) is 14.5. The van der Waals surface area contributed by atoms with Gasteiger partial charge in [-0.25, -0.2) is 0 Å². The summed E-state index contributed by atoms with van der Waals surface area (Å²) in [4.78, 5) is 11.1. The Hall–Kier alpha value is -2.51. The summed E-state index contributed by atoms with van der Waals surface area (Å²) in [5, 5.41) is 12.4. The number of primary amides is 1. The molecule has 0 saturated carbocycles. The number of halogens is 1. The second-order valence-electron chi connectivity index (χ2n) is 4.22. The highest BCUT2D eigenvalue weighted by Gasteiger charge is 2.05. The average molecular weight is 286 g/mol.